The molecule has 1 atom stereocenters. The molecule has 1 aliphatic heterocycles. The highest BCUT2D eigenvalue weighted by Gasteiger charge is 2.18. The third-order valence-electron chi connectivity index (χ3n) is 3.28. The second-order valence-electron chi connectivity index (χ2n) is 4.69. The summed E-state index contributed by atoms with van der Waals surface area (Å²) in [6.45, 7) is 8.59. The first-order valence-corrected chi connectivity index (χ1v) is 8.09. The summed E-state index contributed by atoms with van der Waals surface area (Å²) < 4.78 is 5.74. The van der Waals surface area contributed by atoms with Crippen LogP contribution in [0.3, 0.4) is 0 Å². The Morgan fingerprint density at radius 3 is 2.88 bits per heavy atom. The number of morpholine rings is 1. The van der Waals surface area contributed by atoms with Gasteiger partial charge in [0.2, 0.25) is 0 Å². The van der Waals surface area contributed by atoms with E-state index >= 15 is 0 Å². The Labute approximate surface area is 114 Å². The molecule has 0 aromatic rings. The molecule has 1 saturated heterocycles. The fourth-order valence-electron chi connectivity index (χ4n) is 2.15. The number of alkyl halides is 1. The highest BCUT2D eigenvalue weighted by atomic mass is 79.9. The average molecular weight is 307 g/mol. The third-order valence-corrected chi connectivity index (χ3v) is 3.84. The number of nitrogens with one attached hydrogen (secondary N) is 1. The fraction of sp³-hybridized carbons (Fsp3) is 1.00. The maximum absolute atomic E-state index is 5.74. The summed E-state index contributed by atoms with van der Waals surface area (Å²) in [7, 11) is 0. The van der Waals surface area contributed by atoms with Crippen molar-refractivity contribution in [2.24, 2.45) is 0 Å². The maximum atomic E-state index is 5.74. The Balaban J connectivity index is 1.91. The van der Waals surface area contributed by atoms with Gasteiger partial charge in [0.05, 0.1) is 12.7 Å². The molecule has 0 bridgehead atoms. The van der Waals surface area contributed by atoms with Gasteiger partial charge in [-0.15, -0.1) is 0 Å². The molecule has 3 nitrogen and oxygen atoms in total. The molecule has 1 fully saturated rings. The molecule has 0 aromatic heterocycles. The van der Waals surface area contributed by atoms with E-state index in [4.69, 9.17) is 4.74 Å². The quantitative estimate of drug-likeness (QED) is 0.522. The minimum absolute atomic E-state index is 0.395. The summed E-state index contributed by atoms with van der Waals surface area (Å²) in [6.07, 6.45) is 5.67. The zero-order valence-electron chi connectivity index (χ0n) is 11.1. The molecule has 4 heteroatoms. The van der Waals surface area contributed by atoms with E-state index in [-0.39, 0.29) is 0 Å². The summed E-state index contributed by atoms with van der Waals surface area (Å²) in [5, 5.41) is 4.66. The lowest BCUT2D eigenvalue weighted by Gasteiger charge is -2.32. The minimum Gasteiger partial charge on any atom is -0.374 e. The monoisotopic (exact) mass is 306 g/mol. The van der Waals surface area contributed by atoms with Crippen LogP contribution < -0.4 is 5.32 Å². The molecule has 1 aliphatic rings. The number of nitrogens with zero attached hydrogens (tertiary/aromatic N) is 1. The van der Waals surface area contributed by atoms with Crippen LogP contribution in [-0.2, 0) is 4.74 Å². The van der Waals surface area contributed by atoms with Crippen molar-refractivity contribution < 1.29 is 4.74 Å². The Bertz CT molecular complexity index is 181. The van der Waals surface area contributed by atoms with Gasteiger partial charge in [-0.1, -0.05) is 35.7 Å². The largest absolute Gasteiger partial charge is 0.374 e. The topological polar surface area (TPSA) is 24.5 Å². The second-order valence-corrected chi connectivity index (χ2v) is 5.49. The zero-order valence-corrected chi connectivity index (χ0v) is 12.7. The van der Waals surface area contributed by atoms with Crippen molar-refractivity contribution in [2.75, 3.05) is 44.7 Å². The molecule has 0 radical (unpaired) electrons. The van der Waals surface area contributed by atoms with Crippen LogP contribution in [0.15, 0.2) is 0 Å². The lowest BCUT2D eigenvalue weighted by molar-refractivity contribution is -0.0251. The third kappa shape index (κ3) is 7.39. The first-order chi connectivity index (χ1) is 8.36. The van der Waals surface area contributed by atoms with Crippen LogP contribution in [-0.4, -0.2) is 55.7 Å². The Morgan fingerprint density at radius 1 is 1.29 bits per heavy atom. The van der Waals surface area contributed by atoms with E-state index in [1.165, 1.54) is 25.7 Å². The van der Waals surface area contributed by atoms with Crippen molar-refractivity contribution in [1.29, 1.82) is 0 Å². The van der Waals surface area contributed by atoms with Gasteiger partial charge in [0, 0.05) is 25.0 Å². The molecule has 1 heterocycles. The first kappa shape index (κ1) is 15.4. The van der Waals surface area contributed by atoms with Crippen molar-refractivity contribution in [3.8, 4) is 0 Å². The summed E-state index contributed by atoms with van der Waals surface area (Å²) in [5.41, 5.74) is 0. The molecule has 1 unspecified atom stereocenters. The molecule has 17 heavy (non-hydrogen) atoms. The van der Waals surface area contributed by atoms with E-state index in [2.05, 4.69) is 33.1 Å². The molecule has 0 spiro atoms. The standard InChI is InChI=1S/C13H27BrN2O/c1-2-16-9-10-17-13(12-16)11-15-8-6-4-3-5-7-14/h13,15H,2-12H2,1H3. The molecule has 1 rings (SSSR count). The van der Waals surface area contributed by atoms with Crippen LogP contribution in [0.5, 0.6) is 0 Å². The molecule has 102 valence electrons. The van der Waals surface area contributed by atoms with Crippen LogP contribution in [0.4, 0.5) is 0 Å². The number of hydrogen-bond acceptors (Lipinski definition) is 3. The van der Waals surface area contributed by atoms with Gasteiger partial charge in [0.15, 0.2) is 0 Å². The van der Waals surface area contributed by atoms with Crippen molar-refractivity contribution in [1.82, 2.24) is 10.2 Å². The van der Waals surface area contributed by atoms with Crippen molar-refractivity contribution >= 4 is 15.9 Å². The molecular formula is C13H27BrN2O. The van der Waals surface area contributed by atoms with E-state index in [0.29, 0.717) is 6.10 Å². The fourth-order valence-corrected chi connectivity index (χ4v) is 2.55. The Hall–Kier alpha value is 0.360. The molecule has 0 aromatic carbocycles. The van der Waals surface area contributed by atoms with E-state index in [9.17, 15) is 0 Å². The smallest absolute Gasteiger partial charge is 0.0826 e. The number of halogens is 1. The van der Waals surface area contributed by atoms with Crippen molar-refractivity contribution in [3.05, 3.63) is 0 Å². The van der Waals surface area contributed by atoms with Gasteiger partial charge in [-0.2, -0.15) is 0 Å². The van der Waals surface area contributed by atoms with Gasteiger partial charge in [-0.25, -0.2) is 0 Å². The van der Waals surface area contributed by atoms with E-state index < -0.39 is 0 Å². The van der Waals surface area contributed by atoms with Gasteiger partial charge >= 0.3 is 0 Å². The highest BCUT2D eigenvalue weighted by Crippen LogP contribution is 2.04. The predicted molar refractivity (Wildman–Crippen MR) is 77.0 cm³/mol. The molecule has 0 aliphatic carbocycles. The van der Waals surface area contributed by atoms with E-state index in [1.807, 2.05) is 0 Å². The van der Waals surface area contributed by atoms with E-state index in [1.54, 1.807) is 0 Å². The predicted octanol–water partition coefficient (Wildman–Crippen LogP) is 2.25. The highest BCUT2D eigenvalue weighted by molar-refractivity contribution is 9.09. The number of likely N-dealkylation sites (N-methyl/N-ethyl adjacent to an activating group) is 1. The van der Waals surface area contributed by atoms with Crippen molar-refractivity contribution in [3.63, 3.8) is 0 Å². The van der Waals surface area contributed by atoms with Crippen LogP contribution in [0, 0.1) is 0 Å². The van der Waals surface area contributed by atoms with Gasteiger partial charge in [0.25, 0.3) is 0 Å². The molecular weight excluding hydrogens is 280 g/mol. The lowest BCUT2D eigenvalue weighted by atomic mass is 10.2. The van der Waals surface area contributed by atoms with Gasteiger partial charge < -0.3 is 10.1 Å². The van der Waals surface area contributed by atoms with Crippen LogP contribution >= 0.6 is 15.9 Å². The number of rotatable bonds is 9. The molecule has 0 amide bonds. The SMILES string of the molecule is CCN1CCOC(CNCCCCCCBr)C1. The van der Waals surface area contributed by atoms with Gasteiger partial charge in [-0.05, 0) is 25.9 Å². The first-order valence-electron chi connectivity index (χ1n) is 6.97. The van der Waals surface area contributed by atoms with Gasteiger partial charge in [0.1, 0.15) is 0 Å². The number of ether oxygens (including phenoxy) is 1. The lowest BCUT2D eigenvalue weighted by Crippen LogP contribution is -2.46. The second kappa shape index (κ2) is 10.3. The maximum Gasteiger partial charge on any atom is 0.0826 e. The van der Waals surface area contributed by atoms with Crippen LogP contribution in [0.1, 0.15) is 32.6 Å². The number of hydrogen-bond donors (Lipinski definition) is 1. The van der Waals surface area contributed by atoms with Gasteiger partial charge in [-0.3, -0.25) is 4.90 Å². The average Bonchev–Trinajstić information content (AvgIpc) is 2.38. The Morgan fingerprint density at radius 2 is 2.12 bits per heavy atom. The summed E-state index contributed by atoms with van der Waals surface area (Å²) in [4.78, 5) is 2.46. The summed E-state index contributed by atoms with van der Waals surface area (Å²) >= 11 is 3.46. The summed E-state index contributed by atoms with van der Waals surface area (Å²) in [5.74, 6) is 0. The molecule has 0 saturated carbocycles. The summed E-state index contributed by atoms with van der Waals surface area (Å²) in [6, 6.07) is 0. The van der Waals surface area contributed by atoms with Crippen LogP contribution in [0.2, 0.25) is 0 Å². The minimum atomic E-state index is 0.395. The molecule has 1 N–H and O–H groups in total. The van der Waals surface area contributed by atoms with Crippen molar-refractivity contribution in [2.45, 2.75) is 38.7 Å². The normalized spacial score (nSPS) is 21.9. The van der Waals surface area contributed by atoms with E-state index in [0.717, 1.165) is 44.7 Å². The Kier molecular flexibility index (Phi) is 9.34. The number of unbranched alkanes of at least 4 members (excludes halogenated alkanes) is 3. The van der Waals surface area contributed by atoms with Crippen LogP contribution in [0.25, 0.3) is 0 Å². The zero-order chi connectivity index (χ0) is 12.3.